The number of hydrogen-bond acceptors (Lipinski definition) is 5. The van der Waals surface area contributed by atoms with Crippen LogP contribution in [0.5, 0.6) is 0 Å². The van der Waals surface area contributed by atoms with E-state index in [0.29, 0.717) is 31.4 Å². The Balaban J connectivity index is 2.50. The molecule has 0 saturated heterocycles. The Kier molecular flexibility index (Phi) is 5.65. The number of nitrogens with zero attached hydrogens (tertiary/aromatic N) is 1. The van der Waals surface area contributed by atoms with Crippen molar-refractivity contribution < 1.29 is 9.84 Å². The van der Waals surface area contributed by atoms with E-state index in [0.717, 1.165) is 0 Å². The second-order valence-electron chi connectivity index (χ2n) is 3.93. The van der Waals surface area contributed by atoms with Gasteiger partial charge in [0.25, 0.3) is 5.56 Å². The number of hydrogen-bond donors (Lipinski definition) is 3. The molecule has 96 valence electrons. The maximum absolute atomic E-state index is 11.4. The Bertz CT molecular complexity index is 390. The number of aromatic amines is 1. The maximum atomic E-state index is 11.4. The third-order valence-electron chi connectivity index (χ3n) is 2.10. The van der Waals surface area contributed by atoms with Gasteiger partial charge in [0.05, 0.1) is 19.8 Å². The number of nitrogens with one attached hydrogen (secondary N) is 2. The molecule has 1 aromatic heterocycles. The van der Waals surface area contributed by atoms with Crippen LogP contribution in [0.25, 0.3) is 0 Å². The van der Waals surface area contributed by atoms with Crippen molar-refractivity contribution in [2.45, 2.75) is 19.8 Å². The van der Waals surface area contributed by atoms with Crippen LogP contribution in [0.1, 0.15) is 25.6 Å². The zero-order chi connectivity index (χ0) is 12.7. The first-order valence-corrected chi connectivity index (χ1v) is 5.67. The number of anilines is 1. The Hall–Kier alpha value is -1.40. The van der Waals surface area contributed by atoms with Gasteiger partial charge in [-0.15, -0.1) is 0 Å². The van der Waals surface area contributed by atoms with E-state index in [4.69, 9.17) is 9.84 Å². The normalized spacial score (nSPS) is 10.8. The summed E-state index contributed by atoms with van der Waals surface area (Å²) in [7, 11) is 0. The van der Waals surface area contributed by atoms with E-state index in [1.807, 2.05) is 13.8 Å². The van der Waals surface area contributed by atoms with Crippen molar-refractivity contribution in [3.05, 3.63) is 22.2 Å². The van der Waals surface area contributed by atoms with Crippen molar-refractivity contribution in [3.63, 3.8) is 0 Å². The number of ether oxygens (including phenoxy) is 1. The molecule has 0 spiro atoms. The van der Waals surface area contributed by atoms with Crippen molar-refractivity contribution in [3.8, 4) is 0 Å². The number of aliphatic hydroxyl groups excluding tert-OH is 1. The van der Waals surface area contributed by atoms with Crippen LogP contribution in [0.3, 0.4) is 0 Å². The van der Waals surface area contributed by atoms with Crippen molar-refractivity contribution in [1.29, 1.82) is 0 Å². The predicted octanol–water partition coefficient (Wildman–Crippen LogP) is 0.314. The SMILES string of the molecule is CC(C)c1nc(NCCOCCO)cc(=O)[nH]1. The van der Waals surface area contributed by atoms with E-state index in [9.17, 15) is 4.79 Å². The number of aromatic nitrogens is 2. The fraction of sp³-hybridized carbons (Fsp3) is 0.636. The summed E-state index contributed by atoms with van der Waals surface area (Å²) >= 11 is 0. The molecule has 1 rings (SSSR count). The Labute approximate surface area is 100 Å². The minimum atomic E-state index is -0.164. The van der Waals surface area contributed by atoms with E-state index in [-0.39, 0.29) is 18.1 Å². The van der Waals surface area contributed by atoms with Gasteiger partial charge in [0.15, 0.2) is 0 Å². The number of rotatable bonds is 7. The molecule has 1 aromatic rings. The highest BCUT2D eigenvalue weighted by Crippen LogP contribution is 2.08. The van der Waals surface area contributed by atoms with Crippen LogP contribution in [0.2, 0.25) is 0 Å². The van der Waals surface area contributed by atoms with Gasteiger partial charge in [-0.05, 0) is 0 Å². The predicted molar refractivity (Wildman–Crippen MR) is 65.3 cm³/mol. The lowest BCUT2D eigenvalue weighted by molar-refractivity contribution is 0.0992. The molecule has 0 unspecified atom stereocenters. The van der Waals surface area contributed by atoms with Crippen LogP contribution in [-0.2, 0) is 4.74 Å². The molecular formula is C11H19N3O3. The lowest BCUT2D eigenvalue weighted by atomic mass is 10.2. The van der Waals surface area contributed by atoms with Gasteiger partial charge in [0, 0.05) is 18.5 Å². The Morgan fingerprint density at radius 2 is 2.29 bits per heavy atom. The molecule has 0 atom stereocenters. The van der Waals surface area contributed by atoms with E-state index in [1.165, 1.54) is 6.07 Å². The van der Waals surface area contributed by atoms with E-state index in [1.54, 1.807) is 0 Å². The molecule has 6 heteroatoms. The monoisotopic (exact) mass is 241 g/mol. The van der Waals surface area contributed by atoms with Gasteiger partial charge in [-0.1, -0.05) is 13.8 Å². The fourth-order valence-electron chi connectivity index (χ4n) is 1.26. The van der Waals surface area contributed by atoms with Crippen molar-refractivity contribution in [2.75, 3.05) is 31.7 Å². The van der Waals surface area contributed by atoms with Crippen molar-refractivity contribution in [2.24, 2.45) is 0 Å². The first-order valence-electron chi connectivity index (χ1n) is 5.67. The quantitative estimate of drug-likeness (QED) is 0.598. The van der Waals surface area contributed by atoms with E-state index >= 15 is 0 Å². The molecule has 6 nitrogen and oxygen atoms in total. The van der Waals surface area contributed by atoms with Crippen LogP contribution in [-0.4, -0.2) is 41.4 Å². The largest absolute Gasteiger partial charge is 0.394 e. The molecule has 0 amide bonds. The van der Waals surface area contributed by atoms with Gasteiger partial charge >= 0.3 is 0 Å². The van der Waals surface area contributed by atoms with Gasteiger partial charge in [0.1, 0.15) is 11.6 Å². The highest BCUT2D eigenvalue weighted by molar-refractivity contribution is 5.33. The van der Waals surface area contributed by atoms with Gasteiger partial charge in [-0.2, -0.15) is 0 Å². The van der Waals surface area contributed by atoms with Crippen LogP contribution in [0.4, 0.5) is 5.82 Å². The van der Waals surface area contributed by atoms with Gasteiger partial charge in [0.2, 0.25) is 0 Å². The minimum Gasteiger partial charge on any atom is -0.394 e. The van der Waals surface area contributed by atoms with Crippen LogP contribution in [0, 0.1) is 0 Å². The van der Waals surface area contributed by atoms with Gasteiger partial charge < -0.3 is 20.1 Å². The summed E-state index contributed by atoms with van der Waals surface area (Å²) in [5, 5.41) is 11.5. The Morgan fingerprint density at radius 3 is 2.94 bits per heavy atom. The second kappa shape index (κ2) is 7.03. The van der Waals surface area contributed by atoms with E-state index < -0.39 is 0 Å². The molecule has 3 N–H and O–H groups in total. The summed E-state index contributed by atoms with van der Waals surface area (Å²) in [6, 6.07) is 1.41. The first-order chi connectivity index (χ1) is 8.13. The summed E-state index contributed by atoms with van der Waals surface area (Å²) < 4.78 is 5.09. The summed E-state index contributed by atoms with van der Waals surface area (Å²) in [5.74, 6) is 1.39. The number of aliphatic hydroxyl groups is 1. The molecule has 0 fully saturated rings. The molecule has 0 aliphatic rings. The molecule has 0 aliphatic carbocycles. The standard InChI is InChI=1S/C11H19N3O3/c1-8(2)11-13-9(7-10(16)14-11)12-3-5-17-6-4-15/h7-8,15H,3-6H2,1-2H3,(H2,12,13,14,16). The van der Waals surface area contributed by atoms with Crippen molar-refractivity contribution in [1.82, 2.24) is 9.97 Å². The Morgan fingerprint density at radius 1 is 1.53 bits per heavy atom. The average Bonchev–Trinajstić information content (AvgIpc) is 2.28. The molecule has 0 radical (unpaired) electrons. The molecule has 0 aromatic carbocycles. The lowest BCUT2D eigenvalue weighted by Gasteiger charge is -2.08. The summed E-state index contributed by atoms with van der Waals surface area (Å²) in [5.41, 5.74) is -0.164. The second-order valence-corrected chi connectivity index (χ2v) is 3.93. The third-order valence-corrected chi connectivity index (χ3v) is 2.10. The van der Waals surface area contributed by atoms with Gasteiger partial charge in [-0.25, -0.2) is 4.98 Å². The highest BCUT2D eigenvalue weighted by Gasteiger charge is 2.04. The summed E-state index contributed by atoms with van der Waals surface area (Å²) in [6.07, 6.45) is 0. The summed E-state index contributed by atoms with van der Waals surface area (Å²) in [4.78, 5) is 18.3. The van der Waals surface area contributed by atoms with Crippen LogP contribution in [0.15, 0.2) is 10.9 Å². The summed E-state index contributed by atoms with van der Waals surface area (Å²) in [6.45, 7) is 5.28. The zero-order valence-corrected chi connectivity index (χ0v) is 10.2. The van der Waals surface area contributed by atoms with E-state index in [2.05, 4.69) is 15.3 Å². The van der Waals surface area contributed by atoms with Crippen molar-refractivity contribution >= 4 is 5.82 Å². The lowest BCUT2D eigenvalue weighted by Crippen LogP contribution is -2.17. The van der Waals surface area contributed by atoms with Crippen LogP contribution >= 0.6 is 0 Å². The zero-order valence-electron chi connectivity index (χ0n) is 10.2. The fourth-order valence-corrected chi connectivity index (χ4v) is 1.26. The molecule has 0 saturated carbocycles. The maximum Gasteiger partial charge on any atom is 0.252 e. The molecular weight excluding hydrogens is 222 g/mol. The number of H-pyrrole nitrogens is 1. The molecule has 1 heterocycles. The minimum absolute atomic E-state index is 0.0146. The highest BCUT2D eigenvalue weighted by atomic mass is 16.5. The van der Waals surface area contributed by atoms with Crippen LogP contribution < -0.4 is 10.9 Å². The first kappa shape index (κ1) is 13.7. The topological polar surface area (TPSA) is 87.2 Å². The smallest absolute Gasteiger partial charge is 0.252 e. The average molecular weight is 241 g/mol. The van der Waals surface area contributed by atoms with Gasteiger partial charge in [-0.3, -0.25) is 4.79 Å². The molecule has 0 aliphatic heterocycles. The molecule has 17 heavy (non-hydrogen) atoms. The molecule has 0 bridgehead atoms. The third kappa shape index (κ3) is 4.97.